The standard InChI is InChI=1S/C21H17NO5/c23-13-18-11-19(22(24)25)12-20(26-14-16-7-3-1-4-8-16)21(18)27-15-17-9-5-2-6-10-17/h1-13H,14-15H2. The highest BCUT2D eigenvalue weighted by Crippen LogP contribution is 2.36. The Morgan fingerprint density at radius 2 is 1.41 bits per heavy atom. The van der Waals surface area contributed by atoms with Crippen molar-refractivity contribution in [1.29, 1.82) is 0 Å². The summed E-state index contributed by atoms with van der Waals surface area (Å²) in [6, 6.07) is 21.3. The van der Waals surface area contributed by atoms with Crippen molar-refractivity contribution in [3.63, 3.8) is 0 Å². The predicted octanol–water partition coefficient (Wildman–Crippen LogP) is 4.57. The van der Waals surface area contributed by atoms with Crippen LogP contribution >= 0.6 is 0 Å². The zero-order valence-electron chi connectivity index (χ0n) is 14.4. The van der Waals surface area contributed by atoms with E-state index < -0.39 is 4.92 Å². The zero-order chi connectivity index (χ0) is 19.1. The molecule has 0 bridgehead atoms. The van der Waals surface area contributed by atoms with Crippen molar-refractivity contribution >= 4 is 12.0 Å². The molecular weight excluding hydrogens is 346 g/mol. The molecule has 0 spiro atoms. The van der Waals surface area contributed by atoms with Gasteiger partial charge in [0.2, 0.25) is 0 Å². The molecule has 0 aromatic heterocycles. The van der Waals surface area contributed by atoms with Crippen LogP contribution in [0.25, 0.3) is 0 Å². The van der Waals surface area contributed by atoms with Gasteiger partial charge < -0.3 is 9.47 Å². The van der Waals surface area contributed by atoms with E-state index in [1.165, 1.54) is 12.1 Å². The number of hydrogen-bond donors (Lipinski definition) is 0. The first-order chi connectivity index (χ1) is 13.2. The minimum atomic E-state index is -0.566. The molecule has 3 aromatic carbocycles. The molecule has 27 heavy (non-hydrogen) atoms. The van der Waals surface area contributed by atoms with E-state index in [0.29, 0.717) is 6.29 Å². The molecule has 0 radical (unpaired) electrons. The Balaban J connectivity index is 1.90. The van der Waals surface area contributed by atoms with Crippen LogP contribution in [0.5, 0.6) is 11.5 Å². The van der Waals surface area contributed by atoms with Gasteiger partial charge >= 0.3 is 0 Å². The fourth-order valence-electron chi connectivity index (χ4n) is 2.53. The van der Waals surface area contributed by atoms with Gasteiger partial charge in [0.15, 0.2) is 17.8 Å². The van der Waals surface area contributed by atoms with Gasteiger partial charge in [-0.25, -0.2) is 0 Å². The molecule has 6 nitrogen and oxygen atoms in total. The third-order valence-electron chi connectivity index (χ3n) is 3.87. The topological polar surface area (TPSA) is 78.7 Å². The number of hydrogen-bond acceptors (Lipinski definition) is 5. The van der Waals surface area contributed by atoms with Crippen LogP contribution in [0.15, 0.2) is 72.8 Å². The second-order valence-electron chi connectivity index (χ2n) is 5.79. The van der Waals surface area contributed by atoms with Crippen molar-refractivity contribution in [2.45, 2.75) is 13.2 Å². The highest BCUT2D eigenvalue weighted by atomic mass is 16.6. The lowest BCUT2D eigenvalue weighted by Gasteiger charge is -2.15. The van der Waals surface area contributed by atoms with Gasteiger partial charge in [-0.15, -0.1) is 0 Å². The summed E-state index contributed by atoms with van der Waals surface area (Å²) in [5, 5.41) is 11.2. The Labute approximate surface area is 156 Å². The quantitative estimate of drug-likeness (QED) is 0.333. The number of carbonyl (C=O) groups is 1. The van der Waals surface area contributed by atoms with Crippen LogP contribution in [0.3, 0.4) is 0 Å². The number of carbonyl (C=O) groups excluding carboxylic acids is 1. The highest BCUT2D eigenvalue weighted by molar-refractivity contribution is 5.83. The van der Waals surface area contributed by atoms with Gasteiger partial charge in [0.25, 0.3) is 5.69 Å². The van der Waals surface area contributed by atoms with Crippen LogP contribution in [-0.2, 0) is 13.2 Å². The molecule has 6 heteroatoms. The van der Waals surface area contributed by atoms with Gasteiger partial charge in [0.1, 0.15) is 13.2 Å². The predicted molar refractivity (Wildman–Crippen MR) is 100 cm³/mol. The number of nitro groups is 1. The normalized spacial score (nSPS) is 10.2. The van der Waals surface area contributed by atoms with E-state index in [1.807, 2.05) is 60.7 Å². The molecule has 3 aromatic rings. The van der Waals surface area contributed by atoms with E-state index >= 15 is 0 Å². The van der Waals surface area contributed by atoms with E-state index in [0.717, 1.165) is 11.1 Å². The largest absolute Gasteiger partial charge is 0.485 e. The number of rotatable bonds is 8. The lowest BCUT2D eigenvalue weighted by atomic mass is 10.1. The molecule has 0 aliphatic rings. The molecule has 0 amide bonds. The zero-order valence-corrected chi connectivity index (χ0v) is 14.4. The smallest absolute Gasteiger partial charge is 0.274 e. The van der Waals surface area contributed by atoms with Crippen LogP contribution in [0.1, 0.15) is 21.5 Å². The van der Waals surface area contributed by atoms with Crippen molar-refractivity contribution in [3.8, 4) is 11.5 Å². The molecule has 0 heterocycles. The Morgan fingerprint density at radius 1 is 0.852 bits per heavy atom. The van der Waals surface area contributed by atoms with Gasteiger partial charge in [-0.05, 0) is 11.1 Å². The van der Waals surface area contributed by atoms with Crippen molar-refractivity contribution < 1.29 is 19.2 Å². The number of ether oxygens (including phenoxy) is 2. The Morgan fingerprint density at radius 3 is 1.93 bits per heavy atom. The summed E-state index contributed by atoms with van der Waals surface area (Å²) in [7, 11) is 0. The van der Waals surface area contributed by atoms with Crippen LogP contribution in [-0.4, -0.2) is 11.2 Å². The van der Waals surface area contributed by atoms with Crippen molar-refractivity contribution in [3.05, 3.63) is 99.6 Å². The van der Waals surface area contributed by atoms with Gasteiger partial charge in [0, 0.05) is 6.07 Å². The number of nitrogens with zero attached hydrogens (tertiary/aromatic N) is 1. The van der Waals surface area contributed by atoms with Gasteiger partial charge in [-0.1, -0.05) is 60.7 Å². The van der Waals surface area contributed by atoms with E-state index in [1.54, 1.807) is 0 Å². The summed E-state index contributed by atoms with van der Waals surface area (Å²) in [6.07, 6.45) is 0.530. The molecule has 136 valence electrons. The average Bonchev–Trinajstić information content (AvgIpc) is 2.71. The van der Waals surface area contributed by atoms with Gasteiger partial charge in [-0.3, -0.25) is 14.9 Å². The summed E-state index contributed by atoms with van der Waals surface area (Å²) < 4.78 is 11.5. The third-order valence-corrected chi connectivity index (χ3v) is 3.87. The average molecular weight is 363 g/mol. The second-order valence-corrected chi connectivity index (χ2v) is 5.79. The van der Waals surface area contributed by atoms with Crippen LogP contribution < -0.4 is 9.47 Å². The first-order valence-corrected chi connectivity index (χ1v) is 8.28. The minimum absolute atomic E-state index is 0.0724. The fraction of sp³-hybridized carbons (Fsp3) is 0.0952. The number of benzene rings is 3. The SMILES string of the molecule is O=Cc1cc([N+](=O)[O-])cc(OCc2ccccc2)c1OCc1ccccc1. The molecule has 0 unspecified atom stereocenters. The Kier molecular flexibility index (Phi) is 5.79. The molecule has 0 fully saturated rings. The monoisotopic (exact) mass is 363 g/mol. The van der Waals surface area contributed by atoms with E-state index in [-0.39, 0.29) is 36.0 Å². The van der Waals surface area contributed by atoms with Crippen LogP contribution in [0.4, 0.5) is 5.69 Å². The maximum Gasteiger partial charge on any atom is 0.274 e. The molecule has 0 atom stereocenters. The fourth-order valence-corrected chi connectivity index (χ4v) is 2.53. The minimum Gasteiger partial charge on any atom is -0.485 e. The first-order valence-electron chi connectivity index (χ1n) is 8.28. The number of non-ortho nitro benzene ring substituents is 1. The molecule has 0 saturated carbocycles. The molecule has 0 aliphatic heterocycles. The maximum absolute atomic E-state index is 11.5. The lowest BCUT2D eigenvalue weighted by Crippen LogP contribution is -2.04. The number of aldehydes is 1. The van der Waals surface area contributed by atoms with Crippen molar-refractivity contribution in [2.24, 2.45) is 0 Å². The second kappa shape index (κ2) is 8.62. The summed E-state index contributed by atoms with van der Waals surface area (Å²) in [4.78, 5) is 22.1. The maximum atomic E-state index is 11.5. The lowest BCUT2D eigenvalue weighted by molar-refractivity contribution is -0.385. The van der Waals surface area contributed by atoms with Gasteiger partial charge in [0.05, 0.1) is 16.6 Å². The summed E-state index contributed by atoms with van der Waals surface area (Å²) >= 11 is 0. The number of nitro benzene ring substituents is 1. The molecule has 3 rings (SSSR count). The Bertz CT molecular complexity index is 926. The summed E-state index contributed by atoms with van der Waals surface area (Å²) in [5.41, 5.74) is 1.64. The highest BCUT2D eigenvalue weighted by Gasteiger charge is 2.19. The third kappa shape index (κ3) is 4.70. The van der Waals surface area contributed by atoms with E-state index in [4.69, 9.17) is 9.47 Å². The van der Waals surface area contributed by atoms with E-state index in [2.05, 4.69) is 0 Å². The van der Waals surface area contributed by atoms with Crippen molar-refractivity contribution in [1.82, 2.24) is 0 Å². The van der Waals surface area contributed by atoms with Crippen LogP contribution in [0, 0.1) is 10.1 Å². The first kappa shape index (κ1) is 18.1. The van der Waals surface area contributed by atoms with Crippen molar-refractivity contribution in [2.75, 3.05) is 0 Å². The van der Waals surface area contributed by atoms with Gasteiger partial charge in [-0.2, -0.15) is 0 Å². The van der Waals surface area contributed by atoms with E-state index in [9.17, 15) is 14.9 Å². The molecular formula is C21H17NO5. The Hall–Kier alpha value is -3.67. The summed E-state index contributed by atoms with van der Waals surface area (Å²) in [5.74, 6) is 0.349. The molecule has 0 aliphatic carbocycles. The molecule has 0 saturated heterocycles. The van der Waals surface area contributed by atoms with Crippen LogP contribution in [0.2, 0.25) is 0 Å². The molecule has 0 N–H and O–H groups in total. The summed E-state index contributed by atoms with van der Waals surface area (Å²) in [6.45, 7) is 0.406.